The molecule has 1 fully saturated rings. The molecule has 0 aliphatic carbocycles. The first-order chi connectivity index (χ1) is 7.65. The lowest BCUT2D eigenvalue weighted by molar-refractivity contribution is -0.124. The van der Waals surface area contributed by atoms with Crippen molar-refractivity contribution in [2.45, 2.75) is 45.3 Å². The highest BCUT2D eigenvalue weighted by Crippen LogP contribution is 2.08. The van der Waals surface area contributed by atoms with E-state index in [9.17, 15) is 4.79 Å². The Morgan fingerprint density at radius 2 is 2.18 bits per heavy atom. The third-order valence-electron chi connectivity index (χ3n) is 3.15. The topological polar surface area (TPSA) is 50.4 Å². The maximum atomic E-state index is 11.8. The van der Waals surface area contributed by atoms with E-state index in [-0.39, 0.29) is 30.5 Å². The lowest BCUT2D eigenvalue weighted by Crippen LogP contribution is -2.48. The van der Waals surface area contributed by atoms with Crippen molar-refractivity contribution in [2.24, 2.45) is 5.92 Å². The number of halogens is 1. The average molecular weight is 265 g/mol. The van der Waals surface area contributed by atoms with Gasteiger partial charge in [0.15, 0.2) is 0 Å². The summed E-state index contributed by atoms with van der Waals surface area (Å²) in [4.78, 5) is 11.8. The molecule has 17 heavy (non-hydrogen) atoms. The number of hydrogen-bond acceptors (Lipinski definition) is 3. The van der Waals surface area contributed by atoms with Crippen LogP contribution in [0.5, 0.6) is 0 Å². The van der Waals surface area contributed by atoms with Crippen LogP contribution in [0.15, 0.2) is 0 Å². The first kappa shape index (κ1) is 16.7. The van der Waals surface area contributed by atoms with E-state index in [1.54, 1.807) is 7.11 Å². The zero-order chi connectivity index (χ0) is 12.0. The molecule has 0 aromatic carbocycles. The van der Waals surface area contributed by atoms with Gasteiger partial charge >= 0.3 is 0 Å². The number of rotatable bonds is 5. The van der Waals surface area contributed by atoms with E-state index in [0.29, 0.717) is 12.5 Å². The highest BCUT2D eigenvalue weighted by molar-refractivity contribution is 5.85. The summed E-state index contributed by atoms with van der Waals surface area (Å²) in [5.74, 6) is 0.534. The van der Waals surface area contributed by atoms with Crippen molar-refractivity contribution in [1.82, 2.24) is 10.6 Å². The van der Waals surface area contributed by atoms with Crippen molar-refractivity contribution in [3.63, 3.8) is 0 Å². The number of amides is 1. The molecule has 1 saturated heterocycles. The number of ether oxygens (including phenoxy) is 1. The molecule has 0 spiro atoms. The van der Waals surface area contributed by atoms with E-state index in [0.717, 1.165) is 19.4 Å². The first-order valence-corrected chi connectivity index (χ1v) is 6.19. The zero-order valence-corrected chi connectivity index (χ0v) is 11.8. The molecule has 0 saturated carbocycles. The summed E-state index contributed by atoms with van der Waals surface area (Å²) < 4.78 is 5.31. The van der Waals surface area contributed by atoms with Gasteiger partial charge < -0.3 is 15.4 Å². The molecule has 1 amide bonds. The van der Waals surface area contributed by atoms with Gasteiger partial charge in [0.1, 0.15) is 0 Å². The second-order valence-corrected chi connectivity index (χ2v) is 4.77. The number of carbonyl (C=O) groups is 1. The van der Waals surface area contributed by atoms with E-state index in [2.05, 4.69) is 24.5 Å². The maximum Gasteiger partial charge on any atom is 0.237 e. The normalized spacial score (nSPS) is 21.8. The molecule has 0 aromatic heterocycles. The Kier molecular flexibility index (Phi) is 8.56. The fourth-order valence-corrected chi connectivity index (χ4v) is 1.99. The molecular formula is C12H25ClN2O2. The highest BCUT2D eigenvalue weighted by Gasteiger charge is 2.21. The fraction of sp³-hybridized carbons (Fsp3) is 0.917. The van der Waals surface area contributed by atoms with Crippen molar-refractivity contribution in [3.8, 4) is 0 Å². The Bertz CT molecular complexity index is 219. The fourth-order valence-electron chi connectivity index (χ4n) is 1.99. The third-order valence-corrected chi connectivity index (χ3v) is 3.15. The molecule has 102 valence electrons. The smallest absolute Gasteiger partial charge is 0.237 e. The van der Waals surface area contributed by atoms with Crippen LogP contribution in [0.4, 0.5) is 0 Å². The number of piperidine rings is 1. The predicted octanol–water partition coefficient (Wildman–Crippen LogP) is 1.34. The summed E-state index contributed by atoms with van der Waals surface area (Å²) in [6.45, 7) is 5.75. The quantitative estimate of drug-likeness (QED) is 0.788. The summed E-state index contributed by atoms with van der Waals surface area (Å²) in [7, 11) is 1.69. The summed E-state index contributed by atoms with van der Waals surface area (Å²) >= 11 is 0. The van der Waals surface area contributed by atoms with Crippen molar-refractivity contribution in [2.75, 3.05) is 20.2 Å². The van der Waals surface area contributed by atoms with Crippen LogP contribution in [0.2, 0.25) is 0 Å². The second-order valence-electron chi connectivity index (χ2n) is 4.77. The van der Waals surface area contributed by atoms with Gasteiger partial charge in [0.05, 0.1) is 12.1 Å². The predicted molar refractivity (Wildman–Crippen MR) is 71.5 cm³/mol. The van der Waals surface area contributed by atoms with Crippen LogP contribution in [-0.2, 0) is 9.53 Å². The highest BCUT2D eigenvalue weighted by atomic mass is 35.5. The van der Waals surface area contributed by atoms with Crippen LogP contribution < -0.4 is 10.6 Å². The van der Waals surface area contributed by atoms with E-state index >= 15 is 0 Å². The summed E-state index contributed by atoms with van der Waals surface area (Å²) in [5, 5.41) is 6.20. The standard InChI is InChI=1S/C12H24N2O2.ClH/c1-9(2)11(16-3)8-14-12(15)10-6-4-5-7-13-10;/h9-11,13H,4-8H2,1-3H3,(H,14,15);1H. The minimum absolute atomic E-state index is 0. The van der Waals surface area contributed by atoms with Gasteiger partial charge in [0, 0.05) is 13.7 Å². The van der Waals surface area contributed by atoms with Gasteiger partial charge in [-0.15, -0.1) is 12.4 Å². The third kappa shape index (κ3) is 5.70. The lowest BCUT2D eigenvalue weighted by Gasteiger charge is -2.25. The summed E-state index contributed by atoms with van der Waals surface area (Å²) in [6, 6.07) is -0.00146. The molecular weight excluding hydrogens is 240 g/mol. The van der Waals surface area contributed by atoms with Crippen molar-refractivity contribution in [3.05, 3.63) is 0 Å². The molecule has 0 radical (unpaired) electrons. The van der Waals surface area contributed by atoms with Gasteiger partial charge in [-0.1, -0.05) is 20.3 Å². The van der Waals surface area contributed by atoms with Crippen LogP contribution >= 0.6 is 12.4 Å². The van der Waals surface area contributed by atoms with Gasteiger partial charge in [-0.25, -0.2) is 0 Å². The number of nitrogens with one attached hydrogen (secondary N) is 2. The minimum atomic E-state index is -0.00146. The van der Waals surface area contributed by atoms with Crippen molar-refractivity contribution < 1.29 is 9.53 Å². The molecule has 1 rings (SSSR count). The van der Waals surface area contributed by atoms with Crippen molar-refractivity contribution in [1.29, 1.82) is 0 Å². The zero-order valence-electron chi connectivity index (χ0n) is 11.0. The largest absolute Gasteiger partial charge is 0.379 e. The van der Waals surface area contributed by atoms with Gasteiger partial charge in [-0.3, -0.25) is 4.79 Å². The molecule has 0 aromatic rings. The molecule has 5 heteroatoms. The van der Waals surface area contributed by atoms with E-state index < -0.39 is 0 Å². The van der Waals surface area contributed by atoms with Crippen LogP contribution in [-0.4, -0.2) is 38.3 Å². The molecule has 0 bridgehead atoms. The van der Waals surface area contributed by atoms with E-state index in [1.165, 1.54) is 6.42 Å². The average Bonchev–Trinajstić information content (AvgIpc) is 2.30. The van der Waals surface area contributed by atoms with Gasteiger partial charge in [0.2, 0.25) is 5.91 Å². The Hall–Kier alpha value is -0.320. The minimum Gasteiger partial charge on any atom is -0.379 e. The first-order valence-electron chi connectivity index (χ1n) is 6.19. The molecule has 2 N–H and O–H groups in total. The number of carbonyl (C=O) groups excluding carboxylic acids is 1. The van der Waals surface area contributed by atoms with Crippen LogP contribution in [0, 0.1) is 5.92 Å². The molecule has 1 aliphatic heterocycles. The van der Waals surface area contributed by atoms with E-state index in [1.807, 2.05) is 0 Å². The van der Waals surface area contributed by atoms with Crippen LogP contribution in [0.25, 0.3) is 0 Å². The SMILES string of the molecule is COC(CNC(=O)C1CCCCN1)C(C)C.Cl. The lowest BCUT2D eigenvalue weighted by atomic mass is 10.0. The van der Waals surface area contributed by atoms with Crippen LogP contribution in [0.3, 0.4) is 0 Å². The monoisotopic (exact) mass is 264 g/mol. The van der Waals surface area contributed by atoms with Gasteiger partial charge in [0.25, 0.3) is 0 Å². The van der Waals surface area contributed by atoms with E-state index in [4.69, 9.17) is 4.74 Å². The van der Waals surface area contributed by atoms with Gasteiger partial charge in [-0.05, 0) is 25.3 Å². The number of methoxy groups -OCH3 is 1. The Morgan fingerprint density at radius 3 is 2.65 bits per heavy atom. The molecule has 1 heterocycles. The molecule has 4 nitrogen and oxygen atoms in total. The second kappa shape index (κ2) is 8.72. The molecule has 2 atom stereocenters. The molecule has 2 unspecified atom stereocenters. The molecule has 1 aliphatic rings. The van der Waals surface area contributed by atoms with Crippen molar-refractivity contribution >= 4 is 18.3 Å². The Balaban J connectivity index is 0.00000256. The summed E-state index contributed by atoms with van der Waals surface area (Å²) in [5.41, 5.74) is 0. The van der Waals surface area contributed by atoms with Gasteiger partial charge in [-0.2, -0.15) is 0 Å². The Morgan fingerprint density at radius 1 is 1.47 bits per heavy atom. The number of hydrogen-bond donors (Lipinski definition) is 2. The summed E-state index contributed by atoms with van der Waals surface area (Å²) in [6.07, 6.45) is 3.37. The maximum absolute atomic E-state index is 11.8. The Labute approximate surface area is 110 Å². The van der Waals surface area contributed by atoms with Crippen LogP contribution in [0.1, 0.15) is 33.1 Å².